The van der Waals surface area contributed by atoms with Crippen LogP contribution in [0.4, 0.5) is 0 Å². The zero-order chi connectivity index (χ0) is 35.4. The summed E-state index contributed by atoms with van der Waals surface area (Å²) in [7, 11) is 5.38. The molecule has 0 aromatic carbocycles. The van der Waals surface area contributed by atoms with Crippen LogP contribution in [-0.2, 0) is 28.6 Å². The first kappa shape index (κ1) is 40.8. The van der Waals surface area contributed by atoms with Gasteiger partial charge in [0.25, 0.3) is 0 Å². The minimum absolute atomic E-state index is 0.214. The van der Waals surface area contributed by atoms with Crippen molar-refractivity contribution in [2.45, 2.75) is 142 Å². The number of oxime groups is 1. The van der Waals surface area contributed by atoms with Gasteiger partial charge in [0.1, 0.15) is 24.4 Å². The van der Waals surface area contributed by atoms with Crippen molar-refractivity contribution in [2.75, 3.05) is 34.4 Å². The minimum Gasteiger partial charge on any atom is -0.459 e. The summed E-state index contributed by atoms with van der Waals surface area (Å²) in [4.78, 5) is 21.5. The first-order chi connectivity index (χ1) is 21.1. The second-order valence-corrected chi connectivity index (χ2v) is 14.9. The fraction of sp³-hybridized carbons (Fsp3) is 0.941. The van der Waals surface area contributed by atoms with E-state index in [1.54, 1.807) is 41.5 Å². The quantitative estimate of drug-likeness (QED) is 0.172. The van der Waals surface area contributed by atoms with Gasteiger partial charge in [0, 0.05) is 31.9 Å². The number of likely N-dealkylation sites (N-methyl/N-ethyl adjacent to an activating group) is 1. The summed E-state index contributed by atoms with van der Waals surface area (Å²) in [6.07, 6.45) is -4.76. The molecule has 2 fully saturated rings. The molecule has 0 bridgehead atoms. The standard InChI is InChI=1S/C34H64N2O10/c1-14-25-34(10,41)29(37)21(4)27(35-43-16-15-36(11)12)19(2)17-32(8,40)23(6)20(3)28(22(5)31(39)45-25)46-26-18-33(9,42-13)30(38)24(7)44-26/h19-26,28-30,37-38,40-41H,14-18H2,1-13H3/t19-,20-,21+,22-,23-,24+,25-,26+,28+,29+,30+,32-,33-,34-/m1/s1. The number of ether oxygens (including phenoxy) is 4. The lowest BCUT2D eigenvalue weighted by atomic mass is 9.70. The molecule has 2 aliphatic heterocycles. The molecule has 0 spiro atoms. The van der Waals surface area contributed by atoms with E-state index in [-0.39, 0.29) is 37.0 Å². The van der Waals surface area contributed by atoms with E-state index in [2.05, 4.69) is 5.16 Å². The Bertz CT molecular complexity index is 1010. The lowest BCUT2D eigenvalue weighted by Gasteiger charge is -2.47. The van der Waals surface area contributed by atoms with Crippen LogP contribution in [0.15, 0.2) is 5.16 Å². The summed E-state index contributed by atoms with van der Waals surface area (Å²) < 4.78 is 24.3. The maximum absolute atomic E-state index is 13.8. The highest BCUT2D eigenvalue weighted by molar-refractivity contribution is 5.88. The Morgan fingerprint density at radius 3 is 2.13 bits per heavy atom. The fourth-order valence-corrected chi connectivity index (χ4v) is 7.05. The number of nitrogens with zero attached hydrogens (tertiary/aromatic N) is 2. The molecule has 0 aromatic rings. The normalized spacial score (nSPS) is 46.2. The SMILES string of the molecule is CC[C@H]1OC(=O)[C@H](C)[C@@H](O[C@H]2C[C@@](C)(OC)[C@@H](O)[C@H](C)O2)[C@H](C)[C@@H](C)[C@](C)(O)C[C@@H](C)C(=NOCCN(C)C)[C@H](C)[C@H](O)[C@]1(C)O. The molecule has 0 unspecified atom stereocenters. The average Bonchev–Trinajstić information content (AvgIpc) is 2.98. The number of aliphatic hydroxyl groups excluding tert-OH is 2. The van der Waals surface area contributed by atoms with Gasteiger partial charge >= 0.3 is 5.97 Å². The molecule has 4 N–H and O–H groups in total. The summed E-state index contributed by atoms with van der Waals surface area (Å²) in [6.45, 7) is 18.7. The second-order valence-electron chi connectivity index (χ2n) is 14.9. The van der Waals surface area contributed by atoms with Crippen LogP contribution in [0.5, 0.6) is 0 Å². The third-order valence-corrected chi connectivity index (χ3v) is 10.8. The molecule has 2 aliphatic rings. The maximum atomic E-state index is 13.8. The molecule has 270 valence electrons. The number of cyclic esters (lactones) is 1. The Balaban J connectivity index is 2.59. The van der Waals surface area contributed by atoms with E-state index < -0.39 is 71.4 Å². The summed E-state index contributed by atoms with van der Waals surface area (Å²) >= 11 is 0. The van der Waals surface area contributed by atoms with Crippen LogP contribution in [0.1, 0.15) is 88.5 Å². The lowest BCUT2D eigenvalue weighted by molar-refractivity contribution is -0.298. The highest BCUT2D eigenvalue weighted by atomic mass is 16.7. The molecule has 0 saturated carbocycles. The molecular weight excluding hydrogens is 596 g/mol. The van der Waals surface area contributed by atoms with Crippen molar-refractivity contribution in [3.05, 3.63) is 0 Å². The molecule has 46 heavy (non-hydrogen) atoms. The molecule has 0 amide bonds. The summed E-state index contributed by atoms with van der Waals surface area (Å²) in [6, 6.07) is 0. The molecule has 2 rings (SSSR count). The molecule has 2 heterocycles. The van der Waals surface area contributed by atoms with Crippen LogP contribution >= 0.6 is 0 Å². The summed E-state index contributed by atoms with van der Waals surface area (Å²) in [5.41, 5.74) is -3.55. The number of rotatable bonds is 8. The Morgan fingerprint density at radius 1 is 0.978 bits per heavy atom. The topological polar surface area (TPSA) is 160 Å². The molecular formula is C34H64N2O10. The van der Waals surface area contributed by atoms with E-state index in [0.717, 1.165) is 0 Å². The molecule has 12 heteroatoms. The van der Waals surface area contributed by atoms with Gasteiger partial charge in [-0.3, -0.25) is 4.79 Å². The van der Waals surface area contributed by atoms with Crippen molar-refractivity contribution in [3.63, 3.8) is 0 Å². The van der Waals surface area contributed by atoms with Crippen molar-refractivity contribution < 1.29 is 49.0 Å². The van der Waals surface area contributed by atoms with Gasteiger partial charge in [-0.15, -0.1) is 0 Å². The number of esters is 1. The largest absolute Gasteiger partial charge is 0.459 e. The van der Waals surface area contributed by atoms with Crippen LogP contribution in [0.2, 0.25) is 0 Å². The average molecular weight is 661 g/mol. The lowest BCUT2D eigenvalue weighted by Crippen LogP contribution is -2.58. The Morgan fingerprint density at radius 2 is 1.59 bits per heavy atom. The maximum Gasteiger partial charge on any atom is 0.311 e. The van der Waals surface area contributed by atoms with E-state index in [1.165, 1.54) is 14.0 Å². The molecule has 0 aromatic heterocycles. The van der Waals surface area contributed by atoms with Crippen LogP contribution in [-0.4, -0.2) is 125 Å². The van der Waals surface area contributed by atoms with Gasteiger partial charge in [-0.1, -0.05) is 39.8 Å². The Hall–Kier alpha value is -1.38. The monoisotopic (exact) mass is 660 g/mol. The van der Waals surface area contributed by atoms with E-state index in [1.807, 2.05) is 39.8 Å². The van der Waals surface area contributed by atoms with Gasteiger partial charge in [-0.2, -0.15) is 0 Å². The first-order valence-corrected chi connectivity index (χ1v) is 16.9. The van der Waals surface area contributed by atoms with Gasteiger partial charge in [0.2, 0.25) is 0 Å². The van der Waals surface area contributed by atoms with Crippen LogP contribution in [0.25, 0.3) is 0 Å². The predicted octanol–water partition coefficient (Wildman–Crippen LogP) is 2.98. The van der Waals surface area contributed by atoms with Crippen LogP contribution in [0.3, 0.4) is 0 Å². The number of hydrogen-bond acceptors (Lipinski definition) is 12. The molecule has 12 nitrogen and oxygen atoms in total. The van der Waals surface area contributed by atoms with E-state index in [4.69, 9.17) is 23.8 Å². The number of hydrogen-bond donors (Lipinski definition) is 4. The second kappa shape index (κ2) is 16.3. The van der Waals surface area contributed by atoms with Crippen molar-refractivity contribution in [1.82, 2.24) is 4.90 Å². The molecule has 0 aliphatic carbocycles. The third-order valence-electron chi connectivity index (χ3n) is 10.8. The van der Waals surface area contributed by atoms with Gasteiger partial charge in [0.15, 0.2) is 6.29 Å². The number of aliphatic hydroxyl groups is 4. The Kier molecular flexibility index (Phi) is 14.5. The van der Waals surface area contributed by atoms with Gasteiger partial charge in [0.05, 0.1) is 41.1 Å². The minimum atomic E-state index is -1.84. The third kappa shape index (κ3) is 9.40. The smallest absolute Gasteiger partial charge is 0.311 e. The van der Waals surface area contributed by atoms with Gasteiger partial charge in [-0.05, 0) is 73.4 Å². The van der Waals surface area contributed by atoms with Crippen molar-refractivity contribution >= 4 is 11.7 Å². The fourth-order valence-electron chi connectivity index (χ4n) is 7.05. The summed E-state index contributed by atoms with van der Waals surface area (Å²) in [5.74, 6) is -3.26. The molecule has 0 radical (unpaired) electrons. The zero-order valence-corrected chi connectivity index (χ0v) is 30.5. The highest BCUT2D eigenvalue weighted by Crippen LogP contribution is 2.40. The Labute approximate surface area is 276 Å². The highest BCUT2D eigenvalue weighted by Gasteiger charge is 2.51. The first-order valence-electron chi connectivity index (χ1n) is 16.9. The zero-order valence-electron chi connectivity index (χ0n) is 30.5. The molecule has 14 atom stereocenters. The predicted molar refractivity (Wildman–Crippen MR) is 175 cm³/mol. The van der Waals surface area contributed by atoms with E-state index >= 15 is 0 Å². The van der Waals surface area contributed by atoms with Gasteiger partial charge < -0.3 is 49.1 Å². The van der Waals surface area contributed by atoms with Crippen molar-refractivity contribution in [3.8, 4) is 0 Å². The van der Waals surface area contributed by atoms with E-state index in [0.29, 0.717) is 18.9 Å². The summed E-state index contributed by atoms with van der Waals surface area (Å²) in [5, 5.41) is 50.5. The number of carbonyl (C=O) groups is 1. The van der Waals surface area contributed by atoms with E-state index in [9.17, 15) is 25.2 Å². The molecule has 2 saturated heterocycles. The van der Waals surface area contributed by atoms with Crippen molar-refractivity contribution in [2.24, 2.45) is 34.7 Å². The van der Waals surface area contributed by atoms with Gasteiger partial charge in [-0.25, -0.2) is 0 Å². The van der Waals surface area contributed by atoms with Crippen molar-refractivity contribution in [1.29, 1.82) is 0 Å². The van der Waals surface area contributed by atoms with Crippen LogP contribution < -0.4 is 0 Å². The van der Waals surface area contributed by atoms with Crippen LogP contribution in [0, 0.1) is 29.6 Å². The number of methoxy groups -OCH3 is 1. The number of carbonyl (C=O) groups excluding carboxylic acids is 1.